The van der Waals surface area contributed by atoms with Crippen molar-refractivity contribution in [2.24, 2.45) is 0 Å². The molecule has 0 aliphatic rings. The number of unbranched alkanes of at least 4 members (excludes halogenated alkanes) is 9. The van der Waals surface area contributed by atoms with E-state index in [0.29, 0.717) is 9.05 Å². The molecule has 8 heteroatoms. The van der Waals surface area contributed by atoms with Gasteiger partial charge in [-0.15, -0.1) is 0 Å². The van der Waals surface area contributed by atoms with Gasteiger partial charge in [-0.05, 0) is 0 Å². The molecule has 4 N–H and O–H groups in total. The smallest absolute Gasteiger partial charge is 0.303 e. The molecule has 2 unspecified atom stereocenters. The van der Waals surface area contributed by atoms with Crippen LogP contribution in [0.15, 0.2) is 0 Å². The molecule has 0 aromatic heterocycles. The van der Waals surface area contributed by atoms with Gasteiger partial charge in [-0.2, -0.15) is 0 Å². The maximum absolute atomic E-state index is 9.57. The van der Waals surface area contributed by atoms with Crippen LogP contribution in [-0.2, 0) is 4.57 Å². The van der Waals surface area contributed by atoms with Crippen LogP contribution in [0.5, 0.6) is 0 Å². The second-order valence-corrected chi connectivity index (χ2v) is 9.00. The zero-order chi connectivity index (χ0) is 18.1. The molecule has 0 saturated carbocycles. The maximum atomic E-state index is 9.57. The Morgan fingerprint density at radius 3 is 1.61 bits per heavy atom. The molecule has 0 amide bonds. The molecule has 0 bridgehead atoms. The average Bonchev–Trinajstić information content (AvgIpc) is 2.46. The Balaban J connectivity index is 0. The molecule has 0 saturated heterocycles. The van der Waals surface area contributed by atoms with Crippen LogP contribution in [0.2, 0.25) is 3.17 Å². The van der Waals surface area contributed by atoms with Crippen molar-refractivity contribution in [3.63, 3.8) is 0 Å². The van der Waals surface area contributed by atoms with Gasteiger partial charge in [0.05, 0.1) is 0 Å². The van der Waals surface area contributed by atoms with Crippen LogP contribution in [0.1, 0.15) is 77.6 Å². The van der Waals surface area contributed by atoms with E-state index >= 15 is 0 Å². The van der Waals surface area contributed by atoms with Crippen molar-refractivity contribution < 1.29 is 24.4 Å². The topological polar surface area (TPSA) is 98.0 Å². The number of alkyl halides is 1. The standard InChI is InChI=1S/C15H30ClO.Na.H3O4P/c1-2-3-4-5-6-7-8-9-10-11-12-13-15(17)14-16;;1-5(2,3)4/h13,15,17H,2-12,14H2,1H3;;(H3,1,2,3,4). The van der Waals surface area contributed by atoms with Gasteiger partial charge in [-0.3, -0.25) is 0 Å². The molecule has 0 aliphatic heterocycles. The Kier molecular flexibility index (Phi) is 21.0. The fraction of sp³-hybridized carbons (Fsp3) is 1.00. The van der Waals surface area contributed by atoms with Crippen LogP contribution >= 0.6 is 19.4 Å². The minimum Gasteiger partial charge on any atom is -0.303 e. The summed E-state index contributed by atoms with van der Waals surface area (Å²) in [6, 6.07) is 0. The van der Waals surface area contributed by atoms with Crippen molar-refractivity contribution >= 4 is 47.4 Å². The molecule has 0 radical (unpaired) electrons. The summed E-state index contributed by atoms with van der Waals surface area (Å²) in [4.78, 5) is 21.6. The van der Waals surface area contributed by atoms with Gasteiger partial charge in [-0.1, -0.05) is 6.92 Å². The molecule has 0 aromatic carbocycles. The first-order chi connectivity index (χ1) is 10.7. The second-order valence-electron chi connectivity index (χ2n) is 6.18. The summed E-state index contributed by atoms with van der Waals surface area (Å²) in [6.07, 6.45) is 14.8. The van der Waals surface area contributed by atoms with Gasteiger partial charge in [0, 0.05) is 0 Å². The van der Waals surface area contributed by atoms with Crippen LogP contribution in [0.4, 0.5) is 0 Å². The molecule has 23 heavy (non-hydrogen) atoms. The van der Waals surface area contributed by atoms with Crippen molar-refractivity contribution in [2.75, 3.05) is 5.88 Å². The molecule has 0 spiro atoms. The molecule has 0 aromatic rings. The SMILES string of the molecule is CCCCCCCCCCCC[CH]([Na])C(O)CCl.O=P(O)(O)O. The third kappa shape index (κ3) is 28.4. The van der Waals surface area contributed by atoms with E-state index in [1.54, 1.807) is 0 Å². The normalized spacial score (nSPS) is 14.1. The monoisotopic (exact) mass is 382 g/mol. The summed E-state index contributed by atoms with van der Waals surface area (Å²) in [5.74, 6) is 0.409. The Bertz CT molecular complexity index is 283. The quantitative estimate of drug-likeness (QED) is 0.167. The van der Waals surface area contributed by atoms with Gasteiger partial charge in [-0.25, -0.2) is 4.57 Å². The van der Waals surface area contributed by atoms with Gasteiger partial charge in [0.15, 0.2) is 0 Å². The zero-order valence-electron chi connectivity index (χ0n) is 14.7. The van der Waals surface area contributed by atoms with Crippen LogP contribution in [0.3, 0.4) is 0 Å². The van der Waals surface area contributed by atoms with Crippen molar-refractivity contribution in [3.05, 3.63) is 0 Å². The van der Waals surface area contributed by atoms with E-state index in [4.69, 9.17) is 30.8 Å². The minimum atomic E-state index is -4.64. The van der Waals surface area contributed by atoms with Crippen molar-refractivity contribution in [1.82, 2.24) is 0 Å². The van der Waals surface area contributed by atoms with E-state index in [0.717, 1.165) is 27.9 Å². The van der Waals surface area contributed by atoms with Crippen LogP contribution < -0.4 is 0 Å². The number of halogens is 1. The molecular weight excluding hydrogens is 350 g/mol. The summed E-state index contributed by atoms with van der Waals surface area (Å²) in [7, 11) is -4.64. The van der Waals surface area contributed by atoms with E-state index in [-0.39, 0.29) is 6.10 Å². The van der Waals surface area contributed by atoms with Gasteiger partial charge < -0.3 is 14.7 Å². The van der Waals surface area contributed by atoms with E-state index in [2.05, 4.69) is 6.92 Å². The first-order valence-corrected chi connectivity index (χ1v) is 12.0. The van der Waals surface area contributed by atoms with Crippen molar-refractivity contribution in [3.8, 4) is 0 Å². The number of hydrogen-bond donors (Lipinski definition) is 4. The molecule has 136 valence electrons. The Labute approximate surface area is 163 Å². The molecule has 0 fully saturated rings. The van der Waals surface area contributed by atoms with Crippen molar-refractivity contribution in [1.29, 1.82) is 0 Å². The van der Waals surface area contributed by atoms with Gasteiger partial charge in [0.2, 0.25) is 0 Å². The summed E-state index contributed by atoms with van der Waals surface area (Å²) in [6.45, 7) is 2.27. The Hall–Kier alpha value is 1.36. The number of phosphoric acid groups is 1. The third-order valence-corrected chi connectivity index (χ3v) is 5.49. The number of aliphatic hydroxyl groups excluding tert-OH is 1. The molecule has 0 aliphatic carbocycles. The van der Waals surface area contributed by atoms with Gasteiger partial charge >= 0.3 is 138 Å². The van der Waals surface area contributed by atoms with E-state index in [9.17, 15) is 5.11 Å². The molecule has 5 nitrogen and oxygen atoms in total. The van der Waals surface area contributed by atoms with Crippen LogP contribution in [0.25, 0.3) is 0 Å². The van der Waals surface area contributed by atoms with E-state index in [1.807, 2.05) is 0 Å². The summed E-state index contributed by atoms with van der Waals surface area (Å²) >= 11 is 6.72. The molecule has 2 atom stereocenters. The summed E-state index contributed by atoms with van der Waals surface area (Å²) in [5, 5.41) is 9.57. The summed E-state index contributed by atoms with van der Waals surface area (Å²) in [5.41, 5.74) is 0. The first-order valence-electron chi connectivity index (χ1n) is 8.74. The molecular formula is C15H33ClNaO5P. The number of aliphatic hydroxyl groups is 1. The minimum absolute atomic E-state index is 0.253. The predicted molar refractivity (Wildman–Crippen MR) is 97.0 cm³/mol. The maximum Gasteiger partial charge on any atom is 0.466 e. The average molecular weight is 383 g/mol. The zero-order valence-corrected chi connectivity index (χ0v) is 18.3. The number of rotatable bonds is 13. The third-order valence-electron chi connectivity index (χ3n) is 3.83. The second kappa shape index (κ2) is 18.2. The van der Waals surface area contributed by atoms with Gasteiger partial charge in [0.1, 0.15) is 0 Å². The van der Waals surface area contributed by atoms with E-state index in [1.165, 1.54) is 70.6 Å². The Morgan fingerprint density at radius 2 is 1.26 bits per heavy atom. The van der Waals surface area contributed by atoms with Crippen LogP contribution in [0, 0.1) is 0 Å². The van der Waals surface area contributed by atoms with Gasteiger partial charge in [0.25, 0.3) is 0 Å². The van der Waals surface area contributed by atoms with Crippen LogP contribution in [-0.4, -0.2) is 59.7 Å². The van der Waals surface area contributed by atoms with Crippen molar-refractivity contribution in [2.45, 2.75) is 86.8 Å². The first kappa shape index (κ1) is 26.6. The fourth-order valence-corrected chi connectivity index (χ4v) is 3.55. The molecule has 0 heterocycles. The predicted octanol–water partition coefficient (Wildman–Crippen LogP) is 3.93. The van der Waals surface area contributed by atoms with E-state index < -0.39 is 7.82 Å². The summed E-state index contributed by atoms with van der Waals surface area (Å²) < 4.78 is 9.38. The molecule has 0 rings (SSSR count). The largest absolute Gasteiger partial charge is 0.466 e. The number of hydrogen-bond acceptors (Lipinski definition) is 2. The fourth-order valence-electron chi connectivity index (χ4n) is 2.30. The Morgan fingerprint density at radius 1 is 0.913 bits per heavy atom.